The van der Waals surface area contributed by atoms with E-state index in [1.165, 1.54) is 0 Å². The van der Waals surface area contributed by atoms with Gasteiger partial charge in [-0.15, -0.1) is 0 Å². The quantitative estimate of drug-likeness (QED) is 0.800. The summed E-state index contributed by atoms with van der Waals surface area (Å²) < 4.78 is 0. The highest BCUT2D eigenvalue weighted by atomic mass is 16.2. The third-order valence-electron chi connectivity index (χ3n) is 3.64. The zero-order valence-electron chi connectivity index (χ0n) is 11.1. The molecule has 0 aromatic heterocycles. The van der Waals surface area contributed by atoms with Crippen molar-refractivity contribution in [2.24, 2.45) is 17.1 Å². The molecule has 1 unspecified atom stereocenters. The Morgan fingerprint density at radius 3 is 2.56 bits per heavy atom. The van der Waals surface area contributed by atoms with Crippen molar-refractivity contribution in [2.75, 3.05) is 13.1 Å². The van der Waals surface area contributed by atoms with Crippen LogP contribution in [0.15, 0.2) is 0 Å². The lowest BCUT2D eigenvalue weighted by Crippen LogP contribution is -2.43. The molecule has 1 aliphatic heterocycles. The van der Waals surface area contributed by atoms with E-state index in [9.17, 15) is 4.79 Å². The second-order valence-corrected chi connectivity index (χ2v) is 6.03. The number of hydrogen-bond acceptors (Lipinski definition) is 2. The number of likely N-dealkylation sites (tertiary alicyclic amines) is 1. The van der Waals surface area contributed by atoms with Crippen LogP contribution >= 0.6 is 0 Å². The van der Waals surface area contributed by atoms with Gasteiger partial charge < -0.3 is 10.6 Å². The van der Waals surface area contributed by atoms with Gasteiger partial charge in [0.25, 0.3) is 0 Å². The predicted molar refractivity (Wildman–Crippen MR) is 67.0 cm³/mol. The Bertz CT molecular complexity index is 245. The van der Waals surface area contributed by atoms with Gasteiger partial charge >= 0.3 is 0 Å². The topological polar surface area (TPSA) is 46.3 Å². The number of rotatable bonds is 3. The molecule has 0 aliphatic carbocycles. The fourth-order valence-electron chi connectivity index (χ4n) is 2.34. The Morgan fingerprint density at radius 1 is 1.50 bits per heavy atom. The largest absolute Gasteiger partial charge is 0.341 e. The van der Waals surface area contributed by atoms with Crippen molar-refractivity contribution in [3.05, 3.63) is 0 Å². The Hall–Kier alpha value is -0.570. The molecule has 1 amide bonds. The molecule has 0 radical (unpaired) electrons. The highest BCUT2D eigenvalue weighted by Gasteiger charge is 2.34. The van der Waals surface area contributed by atoms with Crippen LogP contribution in [-0.2, 0) is 4.79 Å². The molecule has 1 aliphatic rings. The predicted octanol–water partition coefficient (Wildman–Crippen LogP) is 2.01. The van der Waals surface area contributed by atoms with Crippen LogP contribution in [0.1, 0.15) is 47.0 Å². The first-order chi connectivity index (χ1) is 7.36. The molecule has 3 heteroatoms. The highest BCUT2D eigenvalue weighted by molar-refractivity contribution is 5.81. The number of hydrogen-bond donors (Lipinski definition) is 1. The van der Waals surface area contributed by atoms with E-state index in [1.807, 2.05) is 4.90 Å². The minimum Gasteiger partial charge on any atom is -0.341 e. The zero-order valence-corrected chi connectivity index (χ0v) is 11.1. The fraction of sp³-hybridized carbons (Fsp3) is 0.923. The first kappa shape index (κ1) is 13.5. The number of amides is 1. The summed E-state index contributed by atoms with van der Waals surface area (Å²) in [4.78, 5) is 14.0. The zero-order chi connectivity index (χ0) is 12.3. The van der Waals surface area contributed by atoms with E-state index in [-0.39, 0.29) is 11.9 Å². The Morgan fingerprint density at radius 2 is 2.12 bits per heavy atom. The third kappa shape index (κ3) is 3.21. The molecular formula is C13H26N2O. The minimum atomic E-state index is -0.288. The van der Waals surface area contributed by atoms with E-state index in [1.54, 1.807) is 0 Å². The SMILES string of the molecule is CCC[C@H](N)C(=O)N1CCC(C(C)(C)C)C1. The summed E-state index contributed by atoms with van der Waals surface area (Å²) in [5, 5.41) is 0. The van der Waals surface area contributed by atoms with Gasteiger partial charge in [0.1, 0.15) is 0 Å². The smallest absolute Gasteiger partial charge is 0.239 e. The molecule has 0 bridgehead atoms. The van der Waals surface area contributed by atoms with Crippen molar-refractivity contribution >= 4 is 5.91 Å². The standard InChI is InChI=1S/C13H26N2O/c1-5-6-11(14)12(16)15-8-7-10(9-15)13(2,3)4/h10-11H,5-9,14H2,1-4H3/t10?,11-/m0/s1. The Balaban J connectivity index is 2.50. The molecule has 2 N–H and O–H groups in total. The normalized spacial score (nSPS) is 23.6. The molecular weight excluding hydrogens is 200 g/mol. The van der Waals surface area contributed by atoms with E-state index in [0.717, 1.165) is 32.4 Å². The maximum absolute atomic E-state index is 12.0. The van der Waals surface area contributed by atoms with Gasteiger partial charge in [-0.3, -0.25) is 4.79 Å². The summed E-state index contributed by atoms with van der Waals surface area (Å²) in [7, 11) is 0. The Labute approximate surface area is 99.4 Å². The molecule has 3 nitrogen and oxygen atoms in total. The molecule has 1 heterocycles. The monoisotopic (exact) mass is 226 g/mol. The van der Waals surface area contributed by atoms with Gasteiger partial charge in [0.15, 0.2) is 0 Å². The molecule has 1 saturated heterocycles. The van der Waals surface area contributed by atoms with Crippen LogP contribution in [0.3, 0.4) is 0 Å². The van der Waals surface area contributed by atoms with Crippen molar-refractivity contribution in [3.8, 4) is 0 Å². The first-order valence-electron chi connectivity index (χ1n) is 6.40. The average molecular weight is 226 g/mol. The van der Waals surface area contributed by atoms with Crippen LogP contribution in [-0.4, -0.2) is 29.9 Å². The summed E-state index contributed by atoms with van der Waals surface area (Å²) in [5.74, 6) is 0.763. The van der Waals surface area contributed by atoms with Crippen LogP contribution in [0, 0.1) is 11.3 Å². The molecule has 1 rings (SSSR count). The maximum Gasteiger partial charge on any atom is 0.239 e. The van der Waals surface area contributed by atoms with Crippen molar-refractivity contribution in [1.82, 2.24) is 4.90 Å². The fourth-order valence-corrected chi connectivity index (χ4v) is 2.34. The molecule has 2 atom stereocenters. The highest BCUT2D eigenvalue weighted by Crippen LogP contribution is 2.33. The van der Waals surface area contributed by atoms with Crippen LogP contribution in [0.5, 0.6) is 0 Å². The molecule has 0 aromatic carbocycles. The number of carbonyl (C=O) groups is 1. The summed E-state index contributed by atoms with van der Waals surface area (Å²) in [6.07, 6.45) is 2.90. The lowest BCUT2D eigenvalue weighted by molar-refractivity contribution is -0.131. The van der Waals surface area contributed by atoms with Crippen LogP contribution in [0.25, 0.3) is 0 Å². The summed E-state index contributed by atoms with van der Waals surface area (Å²) in [6.45, 7) is 10.6. The molecule has 94 valence electrons. The van der Waals surface area contributed by atoms with Gasteiger partial charge in [0, 0.05) is 13.1 Å². The summed E-state index contributed by atoms with van der Waals surface area (Å²) in [5.41, 5.74) is 6.17. The van der Waals surface area contributed by atoms with Gasteiger partial charge in [0.2, 0.25) is 5.91 Å². The van der Waals surface area contributed by atoms with Gasteiger partial charge in [-0.2, -0.15) is 0 Å². The average Bonchev–Trinajstić information content (AvgIpc) is 2.65. The van der Waals surface area contributed by atoms with Crippen molar-refractivity contribution in [1.29, 1.82) is 0 Å². The lowest BCUT2D eigenvalue weighted by atomic mass is 9.80. The second-order valence-electron chi connectivity index (χ2n) is 6.03. The van der Waals surface area contributed by atoms with Gasteiger partial charge in [0.05, 0.1) is 6.04 Å². The molecule has 0 spiro atoms. The lowest BCUT2D eigenvalue weighted by Gasteiger charge is -2.27. The summed E-state index contributed by atoms with van der Waals surface area (Å²) >= 11 is 0. The number of nitrogens with zero attached hydrogens (tertiary/aromatic N) is 1. The van der Waals surface area contributed by atoms with Crippen molar-refractivity contribution < 1.29 is 4.79 Å². The first-order valence-corrected chi connectivity index (χ1v) is 6.40. The van der Waals surface area contributed by atoms with E-state index < -0.39 is 0 Å². The van der Waals surface area contributed by atoms with Crippen molar-refractivity contribution in [3.63, 3.8) is 0 Å². The van der Waals surface area contributed by atoms with Gasteiger partial charge in [-0.1, -0.05) is 34.1 Å². The minimum absolute atomic E-state index is 0.147. The van der Waals surface area contributed by atoms with Gasteiger partial charge in [-0.25, -0.2) is 0 Å². The number of nitrogens with two attached hydrogens (primary N) is 1. The molecule has 0 aromatic rings. The number of carbonyl (C=O) groups excluding carboxylic acids is 1. The van der Waals surface area contributed by atoms with Crippen LogP contribution < -0.4 is 5.73 Å². The Kier molecular flexibility index (Phi) is 4.36. The molecule has 16 heavy (non-hydrogen) atoms. The third-order valence-corrected chi connectivity index (χ3v) is 3.64. The van der Waals surface area contributed by atoms with E-state index in [0.29, 0.717) is 11.3 Å². The van der Waals surface area contributed by atoms with E-state index >= 15 is 0 Å². The van der Waals surface area contributed by atoms with E-state index in [2.05, 4.69) is 27.7 Å². The molecule has 0 saturated carbocycles. The van der Waals surface area contributed by atoms with Crippen molar-refractivity contribution in [2.45, 2.75) is 53.0 Å². The van der Waals surface area contributed by atoms with Crippen LogP contribution in [0.4, 0.5) is 0 Å². The maximum atomic E-state index is 12.0. The van der Waals surface area contributed by atoms with Gasteiger partial charge in [-0.05, 0) is 24.2 Å². The summed E-state index contributed by atoms with van der Waals surface area (Å²) in [6, 6.07) is -0.288. The van der Waals surface area contributed by atoms with Crippen LogP contribution in [0.2, 0.25) is 0 Å². The second kappa shape index (κ2) is 5.17. The van der Waals surface area contributed by atoms with E-state index in [4.69, 9.17) is 5.73 Å². The molecule has 1 fully saturated rings.